The highest BCUT2D eigenvalue weighted by atomic mass is 19.4. The standard InChI is InChI=1S/C21H17F3N4O3/c1-30-18-9-13-6-8-28(17(13)10-16(18)21(22,23)24)20(29)27-14-4-5-19(26-11-14)31-15-3-2-7-25-12-15/h2-5,7,9-12H,6,8H2,1H3,(H,27,29). The quantitative estimate of drug-likeness (QED) is 0.638. The van der Waals surface area contributed by atoms with Gasteiger partial charge in [-0.2, -0.15) is 13.2 Å². The van der Waals surface area contributed by atoms with Crippen molar-refractivity contribution in [2.45, 2.75) is 12.6 Å². The summed E-state index contributed by atoms with van der Waals surface area (Å²) in [5.41, 5.74) is 0.266. The molecule has 0 radical (unpaired) electrons. The lowest BCUT2D eigenvalue weighted by Gasteiger charge is -2.20. The maximum Gasteiger partial charge on any atom is 0.420 e. The minimum absolute atomic E-state index is 0.204. The number of nitrogens with one attached hydrogen (secondary N) is 1. The fraction of sp³-hybridized carbons (Fsp3) is 0.190. The number of fused-ring (bicyclic) bond motifs is 1. The van der Waals surface area contributed by atoms with E-state index in [0.717, 1.165) is 6.07 Å². The molecule has 0 bridgehead atoms. The van der Waals surface area contributed by atoms with E-state index >= 15 is 0 Å². The fourth-order valence-electron chi connectivity index (χ4n) is 3.25. The Balaban J connectivity index is 1.49. The van der Waals surface area contributed by atoms with Crippen LogP contribution in [0.3, 0.4) is 0 Å². The van der Waals surface area contributed by atoms with Gasteiger partial charge < -0.3 is 14.8 Å². The molecule has 0 saturated heterocycles. The molecular formula is C21H17F3N4O3. The number of amides is 2. The molecule has 31 heavy (non-hydrogen) atoms. The molecular weight excluding hydrogens is 413 g/mol. The molecule has 2 amide bonds. The van der Waals surface area contributed by atoms with Gasteiger partial charge in [-0.05, 0) is 42.3 Å². The zero-order valence-corrected chi connectivity index (χ0v) is 16.3. The van der Waals surface area contributed by atoms with E-state index in [1.165, 1.54) is 30.5 Å². The third-order valence-corrected chi connectivity index (χ3v) is 4.69. The molecule has 1 N–H and O–H groups in total. The van der Waals surface area contributed by atoms with E-state index in [-0.39, 0.29) is 18.0 Å². The van der Waals surface area contributed by atoms with Crippen molar-refractivity contribution < 1.29 is 27.4 Å². The van der Waals surface area contributed by atoms with Crippen molar-refractivity contribution in [3.63, 3.8) is 0 Å². The molecule has 2 aromatic heterocycles. The number of carbonyl (C=O) groups excluding carboxylic acids is 1. The largest absolute Gasteiger partial charge is 0.496 e. The Morgan fingerprint density at radius 1 is 1.19 bits per heavy atom. The van der Waals surface area contributed by atoms with E-state index in [0.29, 0.717) is 29.3 Å². The molecule has 160 valence electrons. The lowest BCUT2D eigenvalue weighted by atomic mass is 10.1. The molecule has 4 rings (SSSR count). The number of anilines is 2. The molecule has 3 aromatic rings. The number of pyridine rings is 2. The van der Waals surface area contributed by atoms with Crippen LogP contribution in [0.2, 0.25) is 0 Å². The Morgan fingerprint density at radius 2 is 2.03 bits per heavy atom. The van der Waals surface area contributed by atoms with E-state index in [9.17, 15) is 18.0 Å². The number of benzene rings is 1. The number of ether oxygens (including phenoxy) is 2. The van der Waals surface area contributed by atoms with Crippen molar-refractivity contribution in [3.05, 3.63) is 66.1 Å². The number of nitrogens with zero attached hydrogens (tertiary/aromatic N) is 3. The van der Waals surface area contributed by atoms with Gasteiger partial charge in [0.15, 0.2) is 0 Å². The van der Waals surface area contributed by atoms with E-state index < -0.39 is 17.8 Å². The molecule has 0 spiro atoms. The predicted molar refractivity (Wildman–Crippen MR) is 107 cm³/mol. The first kappa shape index (κ1) is 20.5. The molecule has 0 saturated carbocycles. The summed E-state index contributed by atoms with van der Waals surface area (Å²) in [6.07, 6.45) is 0.373. The second-order valence-electron chi connectivity index (χ2n) is 6.69. The Labute approximate surface area is 175 Å². The number of hydrogen-bond acceptors (Lipinski definition) is 5. The van der Waals surface area contributed by atoms with Gasteiger partial charge in [-0.3, -0.25) is 9.88 Å². The van der Waals surface area contributed by atoms with E-state index in [1.807, 2.05) is 0 Å². The number of rotatable bonds is 4. The lowest BCUT2D eigenvalue weighted by molar-refractivity contribution is -0.138. The second-order valence-corrected chi connectivity index (χ2v) is 6.69. The summed E-state index contributed by atoms with van der Waals surface area (Å²) in [6.45, 7) is 0.251. The highest BCUT2D eigenvalue weighted by Gasteiger charge is 2.37. The molecule has 0 atom stereocenters. The van der Waals surface area contributed by atoms with Crippen molar-refractivity contribution in [1.29, 1.82) is 0 Å². The minimum Gasteiger partial charge on any atom is -0.496 e. The minimum atomic E-state index is -4.60. The molecule has 1 aliphatic rings. The predicted octanol–water partition coefficient (Wildman–Crippen LogP) is 4.89. The van der Waals surface area contributed by atoms with Gasteiger partial charge in [0.2, 0.25) is 5.88 Å². The van der Waals surface area contributed by atoms with Gasteiger partial charge in [-0.1, -0.05) is 0 Å². The highest BCUT2D eigenvalue weighted by molar-refractivity contribution is 6.03. The average molecular weight is 430 g/mol. The van der Waals surface area contributed by atoms with Crippen LogP contribution in [0.25, 0.3) is 0 Å². The van der Waals surface area contributed by atoms with Crippen LogP contribution in [-0.4, -0.2) is 29.7 Å². The van der Waals surface area contributed by atoms with Gasteiger partial charge in [0.1, 0.15) is 11.5 Å². The third-order valence-electron chi connectivity index (χ3n) is 4.69. The number of alkyl halides is 3. The van der Waals surface area contributed by atoms with Crippen molar-refractivity contribution in [2.24, 2.45) is 0 Å². The van der Waals surface area contributed by atoms with Crippen LogP contribution < -0.4 is 19.7 Å². The summed E-state index contributed by atoms with van der Waals surface area (Å²) in [5, 5.41) is 2.65. The number of carbonyl (C=O) groups is 1. The van der Waals surface area contributed by atoms with Crippen molar-refractivity contribution in [2.75, 3.05) is 23.9 Å². The lowest BCUT2D eigenvalue weighted by Crippen LogP contribution is -2.33. The van der Waals surface area contributed by atoms with Crippen molar-refractivity contribution >= 4 is 17.4 Å². The van der Waals surface area contributed by atoms with Gasteiger partial charge in [-0.15, -0.1) is 0 Å². The van der Waals surface area contributed by atoms with E-state index in [1.54, 1.807) is 30.5 Å². The summed E-state index contributed by atoms with van der Waals surface area (Å²) < 4.78 is 50.5. The summed E-state index contributed by atoms with van der Waals surface area (Å²) in [4.78, 5) is 22.0. The average Bonchev–Trinajstić information content (AvgIpc) is 3.17. The monoisotopic (exact) mass is 430 g/mol. The summed E-state index contributed by atoms with van der Waals surface area (Å²) in [6, 6.07) is 8.31. The number of aromatic nitrogens is 2. The Kier molecular flexibility index (Phi) is 5.37. The highest BCUT2D eigenvalue weighted by Crippen LogP contribution is 2.42. The molecule has 3 heterocycles. The summed E-state index contributed by atoms with van der Waals surface area (Å²) in [7, 11) is 1.19. The van der Waals surface area contributed by atoms with Gasteiger partial charge in [0.25, 0.3) is 0 Å². The number of halogens is 3. The van der Waals surface area contributed by atoms with Crippen LogP contribution in [0.5, 0.6) is 17.4 Å². The van der Waals surface area contributed by atoms with E-state index in [4.69, 9.17) is 9.47 Å². The fourth-order valence-corrected chi connectivity index (χ4v) is 3.25. The van der Waals surface area contributed by atoms with Crippen LogP contribution >= 0.6 is 0 Å². The first-order chi connectivity index (χ1) is 14.8. The zero-order chi connectivity index (χ0) is 22.0. The molecule has 0 fully saturated rings. The zero-order valence-electron chi connectivity index (χ0n) is 16.3. The van der Waals surface area contributed by atoms with Crippen LogP contribution in [-0.2, 0) is 12.6 Å². The summed E-state index contributed by atoms with van der Waals surface area (Å²) >= 11 is 0. The Morgan fingerprint density at radius 3 is 2.68 bits per heavy atom. The van der Waals surface area contributed by atoms with Gasteiger partial charge in [0, 0.05) is 24.5 Å². The summed E-state index contributed by atoms with van der Waals surface area (Å²) in [5.74, 6) is 0.553. The van der Waals surface area contributed by atoms with Crippen LogP contribution in [0.15, 0.2) is 55.0 Å². The molecule has 1 aromatic carbocycles. The normalized spacial score (nSPS) is 13.0. The maximum atomic E-state index is 13.3. The second kappa shape index (κ2) is 8.13. The maximum absolute atomic E-state index is 13.3. The molecule has 0 aliphatic carbocycles. The third kappa shape index (κ3) is 4.37. The number of methoxy groups -OCH3 is 1. The number of hydrogen-bond donors (Lipinski definition) is 1. The van der Waals surface area contributed by atoms with Gasteiger partial charge in [-0.25, -0.2) is 9.78 Å². The first-order valence-electron chi connectivity index (χ1n) is 9.25. The van der Waals surface area contributed by atoms with Crippen LogP contribution in [0, 0.1) is 0 Å². The molecule has 10 heteroatoms. The topological polar surface area (TPSA) is 76.6 Å². The van der Waals surface area contributed by atoms with Crippen molar-refractivity contribution in [1.82, 2.24) is 9.97 Å². The van der Waals surface area contributed by atoms with Crippen LogP contribution in [0.1, 0.15) is 11.1 Å². The number of urea groups is 1. The van der Waals surface area contributed by atoms with Crippen molar-refractivity contribution in [3.8, 4) is 17.4 Å². The molecule has 7 nitrogen and oxygen atoms in total. The van der Waals surface area contributed by atoms with Crippen LogP contribution in [0.4, 0.5) is 29.3 Å². The Hall–Kier alpha value is -3.82. The first-order valence-corrected chi connectivity index (χ1v) is 9.25. The van der Waals surface area contributed by atoms with Gasteiger partial charge in [0.05, 0.1) is 30.8 Å². The van der Waals surface area contributed by atoms with Gasteiger partial charge >= 0.3 is 12.2 Å². The smallest absolute Gasteiger partial charge is 0.420 e. The Bertz CT molecular complexity index is 1090. The molecule has 1 aliphatic heterocycles. The molecule has 0 unspecified atom stereocenters. The SMILES string of the molecule is COc1cc2c(cc1C(F)(F)F)N(C(=O)Nc1ccc(Oc3cccnc3)nc1)CC2. The van der Waals surface area contributed by atoms with E-state index in [2.05, 4.69) is 15.3 Å².